The summed E-state index contributed by atoms with van der Waals surface area (Å²) in [5, 5.41) is 5.47. The van der Waals surface area contributed by atoms with Gasteiger partial charge in [-0.2, -0.15) is 13.2 Å². The number of alkyl halides is 3. The Kier molecular flexibility index (Phi) is 6.86. The van der Waals surface area contributed by atoms with Crippen molar-refractivity contribution in [1.82, 2.24) is 15.0 Å². The molecule has 4 rings (SSSR count). The number of rotatable bonds is 6. The van der Waals surface area contributed by atoms with E-state index in [1.165, 1.54) is 19.1 Å². The summed E-state index contributed by atoms with van der Waals surface area (Å²) >= 11 is 0. The van der Waals surface area contributed by atoms with Gasteiger partial charge in [-0.25, -0.2) is 15.0 Å². The Balaban J connectivity index is 1.63. The molecule has 10 heteroatoms. The van der Waals surface area contributed by atoms with Crippen LogP contribution >= 0.6 is 0 Å². The minimum absolute atomic E-state index is 0.0627. The smallest absolute Gasteiger partial charge is 0.416 e. The number of carbonyl (C=O) groups excluding carboxylic acids is 1. The maximum Gasteiger partial charge on any atom is 0.416 e. The minimum atomic E-state index is -4.52. The molecular formula is C26H22F3N5O2. The summed E-state index contributed by atoms with van der Waals surface area (Å²) in [4.78, 5) is 25.9. The molecule has 2 aromatic carbocycles. The highest BCUT2D eigenvalue weighted by molar-refractivity contribution is 6.06. The second-order valence-corrected chi connectivity index (χ2v) is 7.83. The molecule has 0 saturated heterocycles. The number of carbonyl (C=O) groups is 1. The molecule has 184 valence electrons. The van der Waals surface area contributed by atoms with Crippen LogP contribution in [0.4, 0.5) is 24.8 Å². The normalized spacial score (nSPS) is 11.2. The highest BCUT2D eigenvalue weighted by Crippen LogP contribution is 2.36. The van der Waals surface area contributed by atoms with Crippen molar-refractivity contribution in [3.63, 3.8) is 0 Å². The second-order valence-electron chi connectivity index (χ2n) is 7.83. The number of nitrogens with one attached hydrogen (secondary N) is 2. The highest BCUT2D eigenvalue weighted by Gasteiger charge is 2.33. The fourth-order valence-electron chi connectivity index (χ4n) is 3.64. The first-order chi connectivity index (χ1) is 17.2. The summed E-state index contributed by atoms with van der Waals surface area (Å²) in [5.41, 5.74) is 1.16. The molecule has 2 N–H and O–H groups in total. The van der Waals surface area contributed by atoms with Gasteiger partial charge in [0.2, 0.25) is 11.8 Å². The van der Waals surface area contributed by atoms with Crippen LogP contribution in [-0.2, 0) is 6.18 Å². The van der Waals surface area contributed by atoms with Gasteiger partial charge in [0.1, 0.15) is 5.75 Å². The molecule has 2 heterocycles. The van der Waals surface area contributed by atoms with E-state index < -0.39 is 17.6 Å². The summed E-state index contributed by atoms with van der Waals surface area (Å²) in [7, 11) is 1.71. The minimum Gasteiger partial charge on any atom is -0.438 e. The quantitative estimate of drug-likeness (QED) is 0.330. The van der Waals surface area contributed by atoms with Gasteiger partial charge >= 0.3 is 6.18 Å². The number of benzene rings is 2. The molecule has 0 fully saturated rings. The Bertz CT molecular complexity index is 1420. The van der Waals surface area contributed by atoms with Gasteiger partial charge in [0.25, 0.3) is 5.91 Å². The van der Waals surface area contributed by atoms with Gasteiger partial charge in [0.15, 0.2) is 0 Å². The molecule has 0 aliphatic heterocycles. The van der Waals surface area contributed by atoms with Gasteiger partial charge in [0.05, 0.1) is 16.8 Å². The summed E-state index contributed by atoms with van der Waals surface area (Å²) < 4.78 is 45.9. The van der Waals surface area contributed by atoms with E-state index >= 15 is 0 Å². The molecule has 0 unspecified atom stereocenters. The van der Waals surface area contributed by atoms with Crippen molar-refractivity contribution < 1.29 is 22.7 Å². The zero-order valence-electron chi connectivity index (χ0n) is 19.6. The maximum absolute atomic E-state index is 13.3. The Morgan fingerprint density at radius 3 is 2.44 bits per heavy atom. The van der Waals surface area contributed by atoms with E-state index in [1.807, 2.05) is 0 Å². The molecule has 0 spiro atoms. The molecular weight excluding hydrogens is 471 g/mol. The predicted molar refractivity (Wildman–Crippen MR) is 130 cm³/mol. The number of nitrogens with zero attached hydrogens (tertiary/aromatic N) is 3. The van der Waals surface area contributed by atoms with E-state index in [4.69, 9.17) is 4.74 Å². The Morgan fingerprint density at radius 1 is 0.917 bits per heavy atom. The molecule has 7 nitrogen and oxygen atoms in total. The number of anilines is 2. The predicted octanol–water partition coefficient (Wildman–Crippen LogP) is 6.26. The summed E-state index contributed by atoms with van der Waals surface area (Å²) in [5.74, 6) is 0.511. The molecule has 0 saturated carbocycles. The zero-order valence-corrected chi connectivity index (χ0v) is 19.6. The van der Waals surface area contributed by atoms with Crippen molar-refractivity contribution in [2.75, 3.05) is 17.7 Å². The first-order valence-electron chi connectivity index (χ1n) is 10.9. The third-order valence-corrected chi connectivity index (χ3v) is 5.55. The monoisotopic (exact) mass is 493 g/mol. The molecule has 0 radical (unpaired) electrons. The molecule has 4 aromatic rings. The molecule has 1 amide bonds. The van der Waals surface area contributed by atoms with Crippen LogP contribution in [0.25, 0.3) is 11.3 Å². The molecule has 36 heavy (non-hydrogen) atoms. The van der Waals surface area contributed by atoms with Crippen molar-refractivity contribution >= 4 is 17.5 Å². The van der Waals surface area contributed by atoms with E-state index in [-0.39, 0.29) is 22.7 Å². The van der Waals surface area contributed by atoms with Gasteiger partial charge in [-0.1, -0.05) is 12.1 Å². The van der Waals surface area contributed by atoms with Crippen LogP contribution in [0.1, 0.15) is 27.0 Å². The maximum atomic E-state index is 13.3. The lowest BCUT2D eigenvalue weighted by atomic mass is 10.0. The number of hydrogen-bond donors (Lipinski definition) is 2. The number of aromatic nitrogens is 3. The van der Waals surface area contributed by atoms with Gasteiger partial charge < -0.3 is 15.4 Å². The first kappa shape index (κ1) is 24.6. The SMILES string of the molecule is CNc1nccc(-c2cccnc2Oc2cccc(C(=O)Nc3cccc(C(F)(F)F)c3C)c2C)n1. The Labute approximate surface area is 205 Å². The largest absolute Gasteiger partial charge is 0.438 e. The van der Waals surface area contributed by atoms with Gasteiger partial charge in [-0.15, -0.1) is 0 Å². The molecule has 0 aliphatic rings. The van der Waals surface area contributed by atoms with Crippen LogP contribution in [0, 0.1) is 13.8 Å². The standard InChI is InChI=1S/C26H22F3N5O2/c1-15-17(23(35)33-20-10-5-9-19(16(20)2)26(27,28)29)7-4-11-22(15)36-24-18(8-6-13-31-24)21-12-14-32-25(30-3)34-21/h4-14H,1-3H3,(H,33,35)(H,30,32,34). The number of ether oxygens (including phenoxy) is 1. The third-order valence-electron chi connectivity index (χ3n) is 5.55. The Morgan fingerprint density at radius 2 is 1.69 bits per heavy atom. The molecule has 0 bridgehead atoms. The molecule has 0 atom stereocenters. The average molecular weight is 493 g/mol. The van der Waals surface area contributed by atoms with E-state index in [0.717, 1.165) is 6.07 Å². The van der Waals surface area contributed by atoms with Crippen molar-refractivity contribution in [1.29, 1.82) is 0 Å². The third kappa shape index (κ3) is 5.12. The lowest BCUT2D eigenvalue weighted by molar-refractivity contribution is -0.138. The van der Waals surface area contributed by atoms with Crippen LogP contribution in [0.5, 0.6) is 11.6 Å². The van der Waals surface area contributed by atoms with Gasteiger partial charge in [0, 0.05) is 36.3 Å². The number of hydrogen-bond acceptors (Lipinski definition) is 6. The first-order valence-corrected chi connectivity index (χ1v) is 10.9. The van der Waals surface area contributed by atoms with Crippen molar-refractivity contribution in [2.45, 2.75) is 20.0 Å². The topological polar surface area (TPSA) is 89.0 Å². The van der Waals surface area contributed by atoms with Crippen LogP contribution < -0.4 is 15.4 Å². The summed E-state index contributed by atoms with van der Waals surface area (Å²) in [6.45, 7) is 3.01. The number of halogens is 3. The van der Waals surface area contributed by atoms with E-state index in [9.17, 15) is 18.0 Å². The van der Waals surface area contributed by atoms with Crippen LogP contribution in [0.3, 0.4) is 0 Å². The summed E-state index contributed by atoms with van der Waals surface area (Å²) in [6, 6.07) is 13.8. The second kappa shape index (κ2) is 10.0. The van der Waals surface area contributed by atoms with Crippen LogP contribution in [-0.4, -0.2) is 27.9 Å². The average Bonchev–Trinajstić information content (AvgIpc) is 2.86. The Hall–Kier alpha value is -4.47. The summed E-state index contributed by atoms with van der Waals surface area (Å²) in [6.07, 6.45) is -1.34. The van der Waals surface area contributed by atoms with Gasteiger partial charge in [-0.3, -0.25) is 4.79 Å². The van der Waals surface area contributed by atoms with E-state index in [0.29, 0.717) is 28.5 Å². The van der Waals surface area contributed by atoms with Crippen LogP contribution in [0.15, 0.2) is 67.0 Å². The molecule has 2 aromatic heterocycles. The number of amides is 1. The van der Waals surface area contributed by atoms with Crippen molar-refractivity contribution in [3.8, 4) is 22.9 Å². The number of pyridine rings is 1. The molecule has 0 aliphatic carbocycles. The lowest BCUT2D eigenvalue weighted by Crippen LogP contribution is -2.16. The lowest BCUT2D eigenvalue weighted by Gasteiger charge is -2.16. The van der Waals surface area contributed by atoms with Crippen molar-refractivity contribution in [2.24, 2.45) is 0 Å². The van der Waals surface area contributed by atoms with E-state index in [1.54, 1.807) is 62.8 Å². The highest BCUT2D eigenvalue weighted by atomic mass is 19.4. The zero-order chi connectivity index (χ0) is 25.9. The van der Waals surface area contributed by atoms with Crippen molar-refractivity contribution in [3.05, 3.63) is 89.2 Å². The fourth-order valence-corrected chi connectivity index (χ4v) is 3.64. The van der Waals surface area contributed by atoms with Gasteiger partial charge in [-0.05, 0) is 61.9 Å². The van der Waals surface area contributed by atoms with E-state index in [2.05, 4.69) is 25.6 Å². The fraction of sp³-hybridized carbons (Fsp3) is 0.154. The van der Waals surface area contributed by atoms with Crippen LogP contribution in [0.2, 0.25) is 0 Å².